The highest BCUT2D eigenvalue weighted by molar-refractivity contribution is 7.93. The van der Waals surface area contributed by atoms with Crippen molar-refractivity contribution < 1.29 is 85.4 Å². The Morgan fingerprint density at radius 1 is 0.472 bits per heavy atom. The second-order valence-corrected chi connectivity index (χ2v) is 46.0. The molecule has 0 bridgehead atoms. The van der Waals surface area contributed by atoms with Gasteiger partial charge >= 0.3 is 0 Å². The van der Waals surface area contributed by atoms with Gasteiger partial charge in [-0.2, -0.15) is 0 Å². The van der Waals surface area contributed by atoms with Crippen LogP contribution in [0.4, 0.5) is 95.4 Å². The van der Waals surface area contributed by atoms with Gasteiger partial charge in [0.15, 0.2) is 0 Å². The van der Waals surface area contributed by atoms with E-state index in [0.29, 0.717) is 119 Å². The fourth-order valence-electron chi connectivity index (χ4n) is 14.5. The maximum Gasteiger partial charge on any atom is 0.293 e. The highest BCUT2D eigenvalue weighted by atomic mass is 35.5. The van der Waals surface area contributed by atoms with Crippen molar-refractivity contribution in [3.8, 4) is 0 Å². The van der Waals surface area contributed by atoms with E-state index < -0.39 is 71.5 Å². The molecular formula is C90H119Cl4FN22O20S5. The molecule has 3 aromatic heterocycles. The predicted octanol–water partition coefficient (Wildman–Crippen LogP) is 10.7. The van der Waals surface area contributed by atoms with E-state index in [0.717, 1.165) is 175 Å². The largest absolute Gasteiger partial charge is 0.397 e. The van der Waals surface area contributed by atoms with E-state index >= 15 is 0 Å². The van der Waals surface area contributed by atoms with Gasteiger partial charge in [-0.1, -0.05) is 34.8 Å². The Morgan fingerprint density at radius 3 is 1.13 bits per heavy atom. The highest BCUT2D eigenvalue weighted by Gasteiger charge is 2.37. The monoisotopic (exact) mass is 2150 g/mol. The molecule has 0 atom stereocenters. The van der Waals surface area contributed by atoms with Crippen LogP contribution in [-0.2, 0) is 85.8 Å². The molecule has 2 saturated carbocycles. The summed E-state index contributed by atoms with van der Waals surface area (Å²) in [6.45, 7) is 13.3. The number of nitrogens with one attached hydrogen (secondary N) is 3. The second-order valence-electron chi connectivity index (χ2n) is 34.8. The average Bonchev–Trinajstić information content (AvgIpc) is 1.57. The number of fused-ring (bicyclic) bond motifs is 3. The number of nitrogens with two attached hydrogens (primary N) is 2. The molecule has 0 spiro atoms. The maximum atomic E-state index is 12.9. The standard InChI is InChI=1S/C24H29N5O4S.C19H22ClN5O3S.C11H15N3O4S.C11H17N3O2S.C8H6Cl2N2O.C8H9FN2O4S.C4H7NO.C3H7N.C2H6O.ClH/c1-27-14-20-23(24(27)31)19(11-16(25-20)12-22(30)15-5-6-15)26-18-8-7-17(29-9-4-10-29)13-21(18)28(2)34(3,32)33;1-23-11-15-18(19(23)26)14(10-17(20)22-15)21-13-6-5-12(25-7-4-8-25)9-16(13)24(2)29(3,27)28;1-12(19(2,17)18)11-8-9(13-6-3-7-13)4-5-10(11)14(15)16;1-13(17(2,15)16)11-8-9(4-5-10(11)12)14-6-3-7-14;1-12-3-5-7(8(12)13)4(9)2-6(10)11-5;1-10(16(2,14)15)8-5-6(9)3-4-7(8)11(12)13;5-4(6)3-1-2-3;1-2-4-3-1;1-2-3;/h7-8,11,13,15H,4-6,9-10,12,14H2,1-3H3,(H,25,26);5-6,9-10H,4,7-8,11H2,1-3H3,(H,21,22);4-5,8H,3,6-7H2,1-2H3;4-5,8H,3,6-7,12H2,1-2H3;2H,3H2,1H3;3-5H,1-2H3;3H,1-2H2,(H2,5,6);4H,1-3H2;3H,2H2,1H3;1H. The molecule has 8 N–H and O–H groups in total. The zero-order chi connectivity index (χ0) is 104. The normalized spacial score (nSPS) is 15.6. The number of primary amides is 1. The SMILES string of the molecule is C1CNC1.CCO.CN(c1cc(F)ccc1[N+](=O)[O-])S(C)(=O)=O.CN(c1cc(N2CCC2)ccc1N)S(C)(=O)=O.CN(c1cc(N2CCC2)ccc1[N+](=O)[O-])S(C)(=O)=O.CN1Cc2nc(CC(=O)C3CC3)cc(Nc3ccc(N4CCC4)cc3N(C)S(C)(=O)=O)c2C1=O.CN1Cc2nc(Cl)cc(Cl)c2C1=O.CN1Cc2nc(Cl)cc(Nc3ccc(N4CCC4)cc3N(C)S(C)(=O)=O)c2C1=O.Cl.NC(=O)C1CC1. The first-order chi connectivity index (χ1) is 66.0. The highest BCUT2D eigenvalue weighted by Crippen LogP contribution is 2.44. The molecule has 0 radical (unpaired) electrons. The van der Waals surface area contributed by atoms with Gasteiger partial charge in [-0.15, -0.1) is 12.4 Å². The molecule has 7 fully saturated rings. The Morgan fingerprint density at radius 2 is 0.782 bits per heavy atom. The van der Waals surface area contributed by atoms with Crippen LogP contribution >= 0.6 is 47.2 Å². The van der Waals surface area contributed by atoms with Gasteiger partial charge in [0.1, 0.15) is 33.3 Å². The lowest BCUT2D eigenvalue weighted by Gasteiger charge is -2.34. The van der Waals surface area contributed by atoms with Crippen LogP contribution in [0.2, 0.25) is 15.3 Å². The number of nitro benzene ring substituents is 2. The van der Waals surface area contributed by atoms with Crippen molar-refractivity contribution in [3.05, 3.63) is 190 Å². The summed E-state index contributed by atoms with van der Waals surface area (Å²) in [6, 6.07) is 28.8. The molecule has 8 aliphatic heterocycles. The molecule has 142 heavy (non-hydrogen) atoms. The number of aromatic nitrogens is 3. The first-order valence-corrected chi connectivity index (χ1v) is 55.0. The average molecular weight is 2150 g/mol. The summed E-state index contributed by atoms with van der Waals surface area (Å²) in [4.78, 5) is 106. The van der Waals surface area contributed by atoms with Crippen molar-refractivity contribution in [3.63, 3.8) is 0 Å². The number of nitrogens with zero attached hydrogens (tertiary/aromatic N) is 17. The van der Waals surface area contributed by atoms with Crippen LogP contribution < -0.4 is 68.5 Å². The Bertz CT molecular complexity index is 6660. The van der Waals surface area contributed by atoms with E-state index in [1.165, 1.54) is 85.4 Å². The van der Waals surface area contributed by atoms with Crippen LogP contribution in [0.1, 0.15) is 119 Å². The quantitative estimate of drug-likeness (QED) is 0.0142. The molecule has 5 aromatic carbocycles. The van der Waals surface area contributed by atoms with Crippen molar-refractivity contribution in [1.82, 2.24) is 35.0 Å². The summed E-state index contributed by atoms with van der Waals surface area (Å²) < 4.78 is 136. The lowest BCUT2D eigenvalue weighted by atomic mass is 10.1. The van der Waals surface area contributed by atoms with E-state index in [-0.39, 0.29) is 88.9 Å². The van der Waals surface area contributed by atoms with Crippen LogP contribution in [0.3, 0.4) is 0 Å². The van der Waals surface area contributed by atoms with E-state index in [4.69, 9.17) is 51.4 Å². The number of aliphatic hydroxyl groups excluding tert-OH is 1. The third kappa shape index (κ3) is 29.5. The van der Waals surface area contributed by atoms with Crippen LogP contribution in [0.15, 0.2) is 109 Å². The number of halogens is 5. The summed E-state index contributed by atoms with van der Waals surface area (Å²) in [7, 11) is -5.37. The number of hydrogen-bond acceptors (Lipinski definition) is 31. The summed E-state index contributed by atoms with van der Waals surface area (Å²) >= 11 is 17.7. The number of amides is 4. The lowest BCUT2D eigenvalue weighted by Crippen LogP contribution is -2.37. The molecule has 2 aliphatic carbocycles. The number of anilines is 14. The topological polar surface area (TPSA) is 528 Å². The molecule has 0 unspecified atom stereocenters. The van der Waals surface area contributed by atoms with Gasteiger partial charge in [0.05, 0.1) is 151 Å². The number of carbonyl (C=O) groups is 5. The third-order valence-electron chi connectivity index (χ3n) is 24.0. The van der Waals surface area contributed by atoms with E-state index in [1.807, 2.05) is 53.4 Å². The zero-order valence-corrected chi connectivity index (χ0v) is 88.1. The molecule has 18 rings (SSSR count). The first-order valence-electron chi connectivity index (χ1n) is 44.6. The molecule has 4 amide bonds. The number of sulfonamides is 5. The number of rotatable bonds is 24. The van der Waals surface area contributed by atoms with Crippen LogP contribution in [0.25, 0.3) is 0 Å². The first kappa shape index (κ1) is 114. The van der Waals surface area contributed by atoms with Crippen molar-refractivity contribution in [2.45, 2.75) is 90.8 Å². The van der Waals surface area contributed by atoms with E-state index in [1.54, 1.807) is 73.1 Å². The molecule has 10 aliphatic rings. The number of nitro groups is 2. The van der Waals surface area contributed by atoms with Crippen molar-refractivity contribution in [1.29, 1.82) is 0 Å². The number of Topliss-reactive ketones (excluding diaryl/α,β-unsaturated/α-hetero) is 1. The molecule has 52 heteroatoms. The van der Waals surface area contributed by atoms with Crippen LogP contribution in [0, 0.1) is 37.9 Å². The number of ketones is 1. The van der Waals surface area contributed by atoms with E-state index in [9.17, 15) is 90.7 Å². The number of pyridine rings is 3. The van der Waals surface area contributed by atoms with Crippen LogP contribution in [-0.4, -0.2) is 276 Å². The van der Waals surface area contributed by atoms with E-state index in [2.05, 4.69) is 45.6 Å². The van der Waals surface area contributed by atoms with Gasteiger partial charge in [-0.25, -0.2) is 56.4 Å². The number of aliphatic hydroxyl groups is 1. The Labute approximate surface area is 847 Å². The maximum absolute atomic E-state index is 12.9. The fraction of sp³-hybridized carbons (Fsp3) is 0.444. The van der Waals surface area contributed by atoms with Gasteiger partial charge in [-0.3, -0.25) is 70.7 Å². The molecule has 11 heterocycles. The van der Waals surface area contributed by atoms with Crippen molar-refractivity contribution >= 4 is 218 Å². The summed E-state index contributed by atoms with van der Waals surface area (Å²) in [6.07, 6.45) is 15.4. The minimum Gasteiger partial charge on any atom is -0.397 e. The fourth-order valence-corrected chi connectivity index (χ4v) is 17.8. The molecule has 8 aromatic rings. The molecule has 5 saturated heterocycles. The lowest BCUT2D eigenvalue weighted by molar-refractivity contribution is -0.384. The van der Waals surface area contributed by atoms with Gasteiger partial charge in [0.25, 0.3) is 29.1 Å². The molecule has 42 nitrogen and oxygen atoms in total. The zero-order valence-electron chi connectivity index (χ0n) is 80.9. The molecule has 774 valence electrons. The molecular weight excluding hydrogens is 2030 g/mol. The van der Waals surface area contributed by atoms with Crippen molar-refractivity contribution in [2.24, 2.45) is 17.6 Å². The third-order valence-corrected chi connectivity index (χ3v) is 30.7. The summed E-state index contributed by atoms with van der Waals surface area (Å²) in [5, 5.41) is 39.8. The summed E-state index contributed by atoms with van der Waals surface area (Å²) in [5.41, 5.74) is 21.6. The predicted molar refractivity (Wildman–Crippen MR) is 556 cm³/mol. The minimum atomic E-state index is -3.67. The number of nitrogen functional groups attached to an aromatic ring is 1. The smallest absolute Gasteiger partial charge is 0.293 e. The minimum absolute atomic E-state index is 0. The Kier molecular flexibility index (Phi) is 38.6. The van der Waals surface area contributed by atoms with Crippen molar-refractivity contribution in [2.75, 3.05) is 217 Å². The number of carbonyl (C=O) groups excluding carboxylic acids is 5. The Hall–Kier alpha value is -11.7. The second kappa shape index (κ2) is 48.1. The van der Waals surface area contributed by atoms with Gasteiger partial charge < -0.3 is 66.8 Å². The number of hydrogen-bond donors (Lipinski definition) is 6. The van der Waals surface area contributed by atoms with Gasteiger partial charge in [0.2, 0.25) is 56.0 Å². The van der Waals surface area contributed by atoms with Crippen LogP contribution in [0.5, 0.6) is 0 Å². The Balaban J connectivity index is 0.000000190. The summed E-state index contributed by atoms with van der Waals surface area (Å²) in [5.74, 6) is -0.727. The van der Waals surface area contributed by atoms with Gasteiger partial charge in [0, 0.05) is 175 Å². The number of benzene rings is 5. The van der Waals surface area contributed by atoms with Gasteiger partial charge in [-0.05, 0) is 169 Å².